The van der Waals surface area contributed by atoms with E-state index in [1.54, 1.807) is 6.92 Å². The fourth-order valence-corrected chi connectivity index (χ4v) is 2.20. The van der Waals surface area contributed by atoms with E-state index >= 15 is 0 Å². The second kappa shape index (κ2) is 5.71. The molecule has 0 saturated carbocycles. The van der Waals surface area contributed by atoms with Crippen LogP contribution in [0, 0.1) is 0 Å². The fourth-order valence-electron chi connectivity index (χ4n) is 2.20. The van der Waals surface area contributed by atoms with Crippen LogP contribution in [0.3, 0.4) is 0 Å². The summed E-state index contributed by atoms with van der Waals surface area (Å²) < 4.78 is 0. The van der Waals surface area contributed by atoms with Gasteiger partial charge in [-0.05, 0) is 30.7 Å². The number of aliphatic imine (C=N–C) groups is 1. The molecule has 3 rings (SSSR count). The number of benzene rings is 2. The number of aromatic nitrogens is 2. The monoisotopic (exact) mass is 276 g/mol. The first-order valence-corrected chi connectivity index (χ1v) is 6.81. The third-order valence-corrected chi connectivity index (χ3v) is 3.12. The first-order valence-electron chi connectivity index (χ1n) is 6.81. The van der Waals surface area contributed by atoms with Crippen LogP contribution in [0.4, 0.5) is 5.69 Å². The molecule has 2 N–H and O–H groups in total. The summed E-state index contributed by atoms with van der Waals surface area (Å²) in [5.41, 5.74) is 8.54. The molecule has 0 bridgehead atoms. The van der Waals surface area contributed by atoms with Crippen molar-refractivity contribution in [3.8, 4) is 0 Å². The molecule has 3 aromatic rings. The van der Waals surface area contributed by atoms with Crippen LogP contribution < -0.4 is 5.73 Å². The number of amidine groups is 1. The molecule has 21 heavy (non-hydrogen) atoms. The molecule has 0 radical (unpaired) electrons. The van der Waals surface area contributed by atoms with Crippen molar-refractivity contribution in [1.29, 1.82) is 0 Å². The van der Waals surface area contributed by atoms with Gasteiger partial charge in [0, 0.05) is 18.0 Å². The van der Waals surface area contributed by atoms with Gasteiger partial charge >= 0.3 is 0 Å². The molecule has 1 heterocycles. The summed E-state index contributed by atoms with van der Waals surface area (Å²) >= 11 is 0. The van der Waals surface area contributed by atoms with Gasteiger partial charge in [0.15, 0.2) is 0 Å². The average Bonchev–Trinajstić information content (AvgIpc) is 2.48. The Hall–Kier alpha value is -2.75. The number of hydrogen-bond acceptors (Lipinski definition) is 3. The summed E-state index contributed by atoms with van der Waals surface area (Å²) in [6, 6.07) is 16.0. The van der Waals surface area contributed by atoms with Gasteiger partial charge in [-0.2, -0.15) is 0 Å². The van der Waals surface area contributed by atoms with Crippen LogP contribution in [-0.4, -0.2) is 15.8 Å². The maximum atomic E-state index is 5.60. The molecule has 0 amide bonds. The van der Waals surface area contributed by atoms with E-state index in [9.17, 15) is 0 Å². The van der Waals surface area contributed by atoms with E-state index in [0.717, 1.165) is 28.8 Å². The Morgan fingerprint density at radius 2 is 1.95 bits per heavy atom. The molecule has 0 atom stereocenters. The minimum atomic E-state index is 0.538. The second-order valence-corrected chi connectivity index (χ2v) is 4.94. The van der Waals surface area contributed by atoms with E-state index in [4.69, 9.17) is 5.73 Å². The molecule has 0 spiro atoms. The van der Waals surface area contributed by atoms with Crippen LogP contribution in [0.25, 0.3) is 10.9 Å². The van der Waals surface area contributed by atoms with Crippen molar-refractivity contribution in [2.24, 2.45) is 10.7 Å². The molecule has 0 fully saturated rings. The van der Waals surface area contributed by atoms with Crippen LogP contribution in [0.2, 0.25) is 0 Å². The van der Waals surface area contributed by atoms with Gasteiger partial charge < -0.3 is 5.73 Å². The normalized spacial score (nSPS) is 11.8. The Morgan fingerprint density at radius 3 is 2.71 bits per heavy atom. The minimum absolute atomic E-state index is 0.538. The molecule has 104 valence electrons. The van der Waals surface area contributed by atoms with Crippen molar-refractivity contribution in [1.82, 2.24) is 9.97 Å². The SMILES string of the molecule is CC(N)=Nc1ccc2nc(Cc3ccccc3)ncc2c1. The van der Waals surface area contributed by atoms with Crippen molar-refractivity contribution >= 4 is 22.4 Å². The standard InChI is InChI=1S/C17H16N4/c1-12(18)20-15-7-8-16-14(10-15)11-19-17(21-16)9-13-5-3-2-4-6-13/h2-8,10-11H,9H2,1H3,(H2,18,20). The summed E-state index contributed by atoms with van der Waals surface area (Å²) in [4.78, 5) is 13.3. The summed E-state index contributed by atoms with van der Waals surface area (Å²) in [6.45, 7) is 1.77. The molecule has 2 aromatic carbocycles. The quantitative estimate of drug-likeness (QED) is 0.590. The van der Waals surface area contributed by atoms with Gasteiger partial charge in [-0.3, -0.25) is 0 Å². The van der Waals surface area contributed by atoms with E-state index in [-0.39, 0.29) is 0 Å². The Labute approximate surface area is 123 Å². The van der Waals surface area contributed by atoms with Crippen molar-refractivity contribution in [2.45, 2.75) is 13.3 Å². The van der Waals surface area contributed by atoms with E-state index in [1.807, 2.05) is 42.6 Å². The second-order valence-electron chi connectivity index (χ2n) is 4.94. The zero-order valence-electron chi connectivity index (χ0n) is 11.8. The lowest BCUT2D eigenvalue weighted by Crippen LogP contribution is -2.03. The highest BCUT2D eigenvalue weighted by atomic mass is 14.9. The number of rotatable bonds is 3. The van der Waals surface area contributed by atoms with Crippen LogP contribution in [0.15, 0.2) is 59.7 Å². The van der Waals surface area contributed by atoms with Gasteiger partial charge in [-0.15, -0.1) is 0 Å². The zero-order chi connectivity index (χ0) is 14.7. The van der Waals surface area contributed by atoms with Crippen molar-refractivity contribution in [3.63, 3.8) is 0 Å². The van der Waals surface area contributed by atoms with E-state index in [0.29, 0.717) is 5.84 Å². The van der Waals surface area contributed by atoms with Crippen LogP contribution in [0.5, 0.6) is 0 Å². The maximum absolute atomic E-state index is 5.60. The highest BCUT2D eigenvalue weighted by molar-refractivity contribution is 5.85. The van der Waals surface area contributed by atoms with Gasteiger partial charge in [0.2, 0.25) is 0 Å². The van der Waals surface area contributed by atoms with Crippen molar-refractivity contribution < 1.29 is 0 Å². The Kier molecular flexibility index (Phi) is 3.60. The van der Waals surface area contributed by atoms with Gasteiger partial charge in [0.1, 0.15) is 5.82 Å². The van der Waals surface area contributed by atoms with Gasteiger partial charge in [0.05, 0.1) is 17.0 Å². The minimum Gasteiger partial charge on any atom is -0.387 e. The molecular formula is C17H16N4. The fraction of sp³-hybridized carbons (Fsp3) is 0.118. The van der Waals surface area contributed by atoms with Crippen molar-refractivity contribution in [3.05, 3.63) is 66.1 Å². The predicted octanol–water partition coefficient (Wildman–Crippen LogP) is 3.23. The predicted molar refractivity (Wildman–Crippen MR) is 85.7 cm³/mol. The number of hydrogen-bond donors (Lipinski definition) is 1. The summed E-state index contributed by atoms with van der Waals surface area (Å²) in [5.74, 6) is 1.36. The summed E-state index contributed by atoms with van der Waals surface area (Å²) in [6.07, 6.45) is 2.57. The summed E-state index contributed by atoms with van der Waals surface area (Å²) in [5, 5.41) is 0.967. The lowest BCUT2D eigenvalue weighted by atomic mass is 10.1. The lowest BCUT2D eigenvalue weighted by molar-refractivity contribution is 0.993. The Morgan fingerprint density at radius 1 is 1.14 bits per heavy atom. The maximum Gasteiger partial charge on any atom is 0.133 e. The smallest absolute Gasteiger partial charge is 0.133 e. The highest BCUT2D eigenvalue weighted by Crippen LogP contribution is 2.20. The Balaban J connectivity index is 1.92. The number of nitrogens with zero attached hydrogens (tertiary/aromatic N) is 3. The first kappa shape index (κ1) is 13.2. The largest absolute Gasteiger partial charge is 0.387 e. The van der Waals surface area contributed by atoms with Crippen LogP contribution in [-0.2, 0) is 6.42 Å². The van der Waals surface area contributed by atoms with Crippen LogP contribution in [0.1, 0.15) is 18.3 Å². The zero-order valence-corrected chi connectivity index (χ0v) is 11.8. The molecule has 4 heteroatoms. The Bertz CT molecular complexity index is 790. The molecule has 1 aromatic heterocycles. The van der Waals surface area contributed by atoms with Gasteiger partial charge in [0.25, 0.3) is 0 Å². The molecular weight excluding hydrogens is 260 g/mol. The molecule has 0 aliphatic heterocycles. The van der Waals surface area contributed by atoms with E-state index in [1.165, 1.54) is 5.56 Å². The van der Waals surface area contributed by atoms with Gasteiger partial charge in [-0.1, -0.05) is 30.3 Å². The first-order chi connectivity index (χ1) is 10.2. The van der Waals surface area contributed by atoms with Crippen LogP contribution >= 0.6 is 0 Å². The molecule has 0 aliphatic rings. The van der Waals surface area contributed by atoms with E-state index in [2.05, 4.69) is 27.1 Å². The molecule has 0 saturated heterocycles. The highest BCUT2D eigenvalue weighted by Gasteiger charge is 2.02. The molecule has 4 nitrogen and oxygen atoms in total. The number of nitrogens with two attached hydrogens (primary N) is 1. The summed E-state index contributed by atoms with van der Waals surface area (Å²) in [7, 11) is 0. The number of fused-ring (bicyclic) bond motifs is 1. The molecule has 0 aliphatic carbocycles. The van der Waals surface area contributed by atoms with Gasteiger partial charge in [-0.25, -0.2) is 15.0 Å². The average molecular weight is 276 g/mol. The van der Waals surface area contributed by atoms with E-state index < -0.39 is 0 Å². The topological polar surface area (TPSA) is 64.2 Å². The van der Waals surface area contributed by atoms with Crippen molar-refractivity contribution in [2.75, 3.05) is 0 Å². The third-order valence-electron chi connectivity index (χ3n) is 3.12. The lowest BCUT2D eigenvalue weighted by Gasteiger charge is -2.03. The molecule has 0 unspecified atom stereocenters. The third kappa shape index (κ3) is 3.23.